The second-order valence-corrected chi connectivity index (χ2v) is 12.2. The van der Waals surface area contributed by atoms with Crippen LogP contribution in [0.1, 0.15) is 50.6 Å². The number of hydrogen-bond acceptors (Lipinski definition) is 9. The van der Waals surface area contributed by atoms with Crippen LogP contribution in [0.5, 0.6) is 5.75 Å². The molecule has 3 N–H and O–H groups in total. The molecule has 0 spiro atoms. The number of likely N-dealkylation sites (tertiary alicyclic amines) is 1. The number of aromatic nitrogens is 5. The maximum atomic E-state index is 14.2. The third-order valence-corrected chi connectivity index (χ3v) is 8.84. The summed E-state index contributed by atoms with van der Waals surface area (Å²) >= 11 is 0. The van der Waals surface area contributed by atoms with Gasteiger partial charge in [0.1, 0.15) is 36.2 Å². The maximum Gasteiger partial charge on any atom is 0.408 e. The third kappa shape index (κ3) is 7.50. The van der Waals surface area contributed by atoms with Gasteiger partial charge in [-0.25, -0.2) is 19.4 Å². The number of nitrogens with one attached hydrogen (secondary N) is 1. The Morgan fingerprint density at radius 1 is 1.04 bits per heavy atom. The molecule has 3 aromatic heterocycles. The average Bonchev–Trinajstić information content (AvgIpc) is 3.46. The molecule has 14 heteroatoms. The van der Waals surface area contributed by atoms with Gasteiger partial charge in [0.25, 0.3) is 0 Å². The Hall–Kier alpha value is -3.91. The van der Waals surface area contributed by atoms with E-state index in [2.05, 4.69) is 37.3 Å². The Morgan fingerprint density at radius 3 is 2.53 bits per heavy atom. The normalized spacial score (nSPS) is 25.0. The van der Waals surface area contributed by atoms with Crippen molar-refractivity contribution in [2.24, 2.45) is 16.6 Å². The minimum absolute atomic E-state index is 0.000404. The topological polar surface area (TPSA) is 119 Å². The molecule has 1 saturated carbocycles. The van der Waals surface area contributed by atoms with Crippen LogP contribution in [0.2, 0.25) is 0 Å². The van der Waals surface area contributed by atoms with Gasteiger partial charge in [0.15, 0.2) is 5.82 Å². The van der Waals surface area contributed by atoms with Gasteiger partial charge in [-0.15, -0.1) is 0 Å². The molecule has 6 rings (SSSR count). The van der Waals surface area contributed by atoms with Crippen molar-refractivity contribution in [1.29, 1.82) is 0 Å². The number of nitrogens with two attached hydrogens (primary N) is 1. The van der Waals surface area contributed by atoms with Gasteiger partial charge in [-0.1, -0.05) is 0 Å². The smallest absolute Gasteiger partial charge is 0.408 e. The highest BCUT2D eigenvalue weighted by Gasteiger charge is 2.44. The molecule has 0 amide bonds. The first-order valence-electron chi connectivity index (χ1n) is 15.3. The number of anilines is 1. The summed E-state index contributed by atoms with van der Waals surface area (Å²) in [6, 6.07) is 5.46. The molecular formula is C31H37F4N9O. The number of aliphatic imine (C=N–C) groups is 1. The number of ether oxygens (including phenoxy) is 1. The Bertz CT molecular complexity index is 1520. The lowest BCUT2D eigenvalue weighted by molar-refractivity contribution is -0.142. The fourth-order valence-electron chi connectivity index (χ4n) is 6.36. The van der Waals surface area contributed by atoms with Gasteiger partial charge in [0.05, 0.1) is 29.2 Å². The molecule has 240 valence electrons. The summed E-state index contributed by atoms with van der Waals surface area (Å²) in [7, 11) is 2.11. The van der Waals surface area contributed by atoms with Crippen molar-refractivity contribution in [2.75, 3.05) is 25.5 Å². The second kappa shape index (κ2) is 12.8. The molecule has 2 fully saturated rings. The van der Waals surface area contributed by atoms with Crippen LogP contribution in [-0.4, -0.2) is 79.6 Å². The van der Waals surface area contributed by atoms with Crippen molar-refractivity contribution >= 4 is 17.2 Å². The van der Waals surface area contributed by atoms with Gasteiger partial charge in [-0.2, -0.15) is 18.3 Å². The second-order valence-electron chi connectivity index (χ2n) is 12.2. The first-order chi connectivity index (χ1) is 21.5. The minimum Gasteiger partial charge on any atom is -0.489 e. The first kappa shape index (κ1) is 31.1. The van der Waals surface area contributed by atoms with Crippen LogP contribution in [0.4, 0.5) is 23.4 Å². The lowest BCUT2D eigenvalue weighted by Gasteiger charge is -2.43. The fourth-order valence-corrected chi connectivity index (χ4v) is 6.36. The summed E-state index contributed by atoms with van der Waals surface area (Å²) in [5, 5.41) is 7.00. The molecule has 0 bridgehead atoms. The zero-order valence-electron chi connectivity index (χ0n) is 25.0. The van der Waals surface area contributed by atoms with E-state index in [1.807, 2.05) is 12.1 Å². The average molecular weight is 628 g/mol. The van der Waals surface area contributed by atoms with Crippen molar-refractivity contribution in [3.05, 3.63) is 54.9 Å². The molecule has 1 aliphatic carbocycles. The highest BCUT2D eigenvalue weighted by Crippen LogP contribution is 2.43. The number of amidine groups is 1. The Morgan fingerprint density at radius 2 is 1.82 bits per heavy atom. The summed E-state index contributed by atoms with van der Waals surface area (Å²) in [4.78, 5) is 20.4. The number of halogens is 4. The van der Waals surface area contributed by atoms with Gasteiger partial charge >= 0.3 is 6.18 Å². The van der Waals surface area contributed by atoms with Crippen molar-refractivity contribution in [1.82, 2.24) is 29.6 Å². The zero-order valence-corrected chi connectivity index (χ0v) is 25.0. The first-order valence-corrected chi connectivity index (χ1v) is 15.3. The van der Waals surface area contributed by atoms with Crippen molar-refractivity contribution in [3.8, 4) is 17.1 Å². The summed E-state index contributed by atoms with van der Waals surface area (Å²) < 4.78 is 59.5. The van der Waals surface area contributed by atoms with Gasteiger partial charge in [0, 0.05) is 43.7 Å². The van der Waals surface area contributed by atoms with Crippen LogP contribution < -0.4 is 15.8 Å². The fraction of sp³-hybridized carbons (Fsp3) is 0.516. The number of hydrogen-bond donors (Lipinski definition) is 2. The number of nitrogens with zero attached hydrogens (tertiary/aromatic N) is 7. The number of pyridine rings is 1. The molecule has 10 nitrogen and oxygen atoms in total. The van der Waals surface area contributed by atoms with Crippen molar-refractivity contribution < 1.29 is 22.3 Å². The highest BCUT2D eigenvalue weighted by molar-refractivity contribution is 6.00. The SMILES string of the molecule is CN1CCC(Oc2ccc(C3=CN=C(Nc4ccnc(-c5cnn(CC(F)(F)F)c5)n4)CC3(N)C3CCC(F)CC3)nc2)CC1. The Labute approximate surface area is 258 Å². The van der Waals surface area contributed by atoms with Crippen LogP contribution in [-0.2, 0) is 6.54 Å². The van der Waals surface area contributed by atoms with E-state index in [0.717, 1.165) is 36.2 Å². The number of rotatable bonds is 7. The summed E-state index contributed by atoms with van der Waals surface area (Å²) in [5.41, 5.74) is 8.20. The van der Waals surface area contributed by atoms with E-state index in [-0.39, 0.29) is 17.8 Å². The van der Waals surface area contributed by atoms with Crippen molar-refractivity contribution in [2.45, 2.75) is 75.5 Å². The lowest BCUT2D eigenvalue weighted by atomic mass is 9.68. The van der Waals surface area contributed by atoms with E-state index in [0.29, 0.717) is 60.8 Å². The van der Waals surface area contributed by atoms with Gasteiger partial charge in [0.2, 0.25) is 0 Å². The molecule has 1 atom stereocenters. The summed E-state index contributed by atoms with van der Waals surface area (Å²) in [6.07, 6.45) is 6.87. The standard InChI is InChI=1S/C31H37F4N9O/c1-43-12-9-23(10-13-43)45-24-6-7-26(38-16-24)25-17-39-28(14-30(25,36)21-2-4-22(32)5-3-21)41-27-8-11-37-29(42-27)20-15-40-44(18-20)19-31(33,34)35/h6-8,11,15-18,21-23H,2-5,9-10,12-14,19,36H2,1H3,(H,37,39,41,42). The lowest BCUT2D eigenvalue weighted by Crippen LogP contribution is -2.53. The zero-order chi connectivity index (χ0) is 31.6. The number of alkyl halides is 4. The molecule has 1 unspecified atom stereocenters. The third-order valence-electron chi connectivity index (χ3n) is 8.84. The molecule has 0 aromatic carbocycles. The molecule has 1 saturated heterocycles. The van der Waals surface area contributed by atoms with E-state index in [1.54, 1.807) is 18.5 Å². The van der Waals surface area contributed by atoms with E-state index >= 15 is 0 Å². The predicted molar refractivity (Wildman–Crippen MR) is 162 cm³/mol. The van der Waals surface area contributed by atoms with E-state index in [1.165, 1.54) is 18.6 Å². The highest BCUT2D eigenvalue weighted by atomic mass is 19.4. The van der Waals surface area contributed by atoms with E-state index in [4.69, 9.17) is 15.5 Å². The Kier molecular flexibility index (Phi) is 8.87. The molecule has 3 aliphatic rings. The van der Waals surface area contributed by atoms with E-state index < -0.39 is 24.4 Å². The molecular weight excluding hydrogens is 590 g/mol. The van der Waals surface area contributed by atoms with Gasteiger partial charge < -0.3 is 20.7 Å². The van der Waals surface area contributed by atoms with Gasteiger partial charge in [-0.3, -0.25) is 9.67 Å². The van der Waals surface area contributed by atoms with Crippen LogP contribution in [0.3, 0.4) is 0 Å². The summed E-state index contributed by atoms with van der Waals surface area (Å²) in [6.45, 7) is 0.788. The number of piperidine rings is 1. The minimum atomic E-state index is -4.39. The van der Waals surface area contributed by atoms with Crippen molar-refractivity contribution in [3.63, 3.8) is 0 Å². The monoisotopic (exact) mass is 627 g/mol. The predicted octanol–water partition coefficient (Wildman–Crippen LogP) is 5.25. The summed E-state index contributed by atoms with van der Waals surface area (Å²) in [5.74, 6) is 1.89. The maximum absolute atomic E-state index is 14.2. The molecule has 45 heavy (non-hydrogen) atoms. The molecule has 5 heterocycles. The van der Waals surface area contributed by atoms with Crippen LogP contribution in [0, 0.1) is 5.92 Å². The quantitative estimate of drug-likeness (QED) is 0.341. The Balaban J connectivity index is 1.22. The van der Waals surface area contributed by atoms with E-state index in [9.17, 15) is 17.6 Å². The van der Waals surface area contributed by atoms with Crippen LogP contribution in [0.25, 0.3) is 17.0 Å². The molecule has 0 radical (unpaired) electrons. The van der Waals surface area contributed by atoms with Crippen LogP contribution >= 0.6 is 0 Å². The molecule has 2 aliphatic heterocycles. The largest absolute Gasteiger partial charge is 0.489 e. The molecule has 3 aromatic rings. The van der Waals surface area contributed by atoms with Gasteiger partial charge in [-0.05, 0) is 69.7 Å². The van der Waals surface area contributed by atoms with Crippen LogP contribution in [0.15, 0.2) is 54.2 Å².